The van der Waals surface area contributed by atoms with Gasteiger partial charge in [-0.05, 0) is 44.1 Å². The lowest BCUT2D eigenvalue weighted by Gasteiger charge is -2.33. The highest BCUT2D eigenvalue weighted by molar-refractivity contribution is 7.90. The molecule has 2 aromatic heterocycles. The normalized spacial score (nSPS) is 18.0. The number of amides is 1. The van der Waals surface area contributed by atoms with Gasteiger partial charge in [-0.2, -0.15) is 16.3 Å². The highest BCUT2D eigenvalue weighted by Gasteiger charge is 2.26. The highest BCUT2D eigenvalue weighted by atomic mass is 32.2. The number of aromatic nitrogens is 2. The highest BCUT2D eigenvalue weighted by Crippen LogP contribution is 2.20. The van der Waals surface area contributed by atoms with Crippen molar-refractivity contribution in [3.63, 3.8) is 0 Å². The number of aryl methyl sites for hydroxylation is 1. The number of rotatable bonds is 8. The summed E-state index contributed by atoms with van der Waals surface area (Å²) in [4.78, 5) is 18.7. The van der Waals surface area contributed by atoms with Crippen molar-refractivity contribution in [1.82, 2.24) is 19.8 Å². The first-order chi connectivity index (χ1) is 13.3. The van der Waals surface area contributed by atoms with E-state index < -0.39 is 15.3 Å². The zero-order chi connectivity index (χ0) is 20.1. The van der Waals surface area contributed by atoms with Crippen LogP contribution in [0.5, 0.6) is 0 Å². The Balaban J connectivity index is 1.48. The van der Waals surface area contributed by atoms with Crippen LogP contribution in [0, 0.1) is 5.92 Å². The number of carbonyl (C=O) groups excluding carboxylic acids is 1. The number of likely N-dealkylation sites (tertiary alicyclic amines) is 1. The number of piperidine rings is 1. The number of hydrogen-bond acceptors (Lipinski definition) is 7. The van der Waals surface area contributed by atoms with Crippen molar-refractivity contribution < 1.29 is 17.7 Å². The molecule has 0 aliphatic carbocycles. The predicted octanol–water partition coefficient (Wildman–Crippen LogP) is 2.30. The Morgan fingerprint density at radius 2 is 2.29 bits per heavy atom. The van der Waals surface area contributed by atoms with Crippen molar-refractivity contribution in [2.45, 2.75) is 44.8 Å². The van der Waals surface area contributed by atoms with Crippen molar-refractivity contribution in [3.8, 4) is 11.4 Å². The fourth-order valence-corrected chi connectivity index (χ4v) is 4.53. The second-order valence-corrected chi connectivity index (χ2v) is 10.4. The van der Waals surface area contributed by atoms with Gasteiger partial charge < -0.3 is 9.42 Å². The topological polar surface area (TPSA) is 105 Å². The molecule has 1 N–H and O–H groups in total. The number of hydrogen-bond donors (Lipinski definition) is 1. The maximum Gasteiger partial charge on any atom is 0.227 e. The summed E-state index contributed by atoms with van der Waals surface area (Å²) in [6.07, 6.45) is 2.49. The first kappa shape index (κ1) is 20.9. The molecule has 0 saturated carbocycles. The van der Waals surface area contributed by atoms with Gasteiger partial charge in [-0.25, -0.2) is 13.1 Å². The summed E-state index contributed by atoms with van der Waals surface area (Å²) in [5, 5.41) is 7.39. The molecule has 1 saturated heterocycles. The number of nitrogens with zero attached hydrogens (tertiary/aromatic N) is 3. The molecular formula is C18H26N4O4S2. The van der Waals surface area contributed by atoms with Gasteiger partial charge in [-0.3, -0.25) is 4.79 Å². The first-order valence-electron chi connectivity index (χ1n) is 9.46. The molecule has 154 valence electrons. The second-order valence-electron chi connectivity index (χ2n) is 7.31. The fourth-order valence-electron chi connectivity index (χ4n) is 3.10. The van der Waals surface area contributed by atoms with Crippen molar-refractivity contribution in [2.24, 2.45) is 5.92 Å². The molecule has 0 unspecified atom stereocenters. The SMILES string of the molecule is CC(C)S(=O)(=O)NC[C@H]1CCCN(C(=O)CCc2nc(-c3ccsc3)no2)C1. The van der Waals surface area contributed by atoms with E-state index in [1.807, 2.05) is 21.7 Å². The third-order valence-corrected chi connectivity index (χ3v) is 7.36. The lowest BCUT2D eigenvalue weighted by molar-refractivity contribution is -0.133. The van der Waals surface area contributed by atoms with Crippen LogP contribution in [0.4, 0.5) is 0 Å². The fraction of sp³-hybridized carbons (Fsp3) is 0.611. The molecule has 0 radical (unpaired) electrons. The number of carbonyl (C=O) groups is 1. The third-order valence-electron chi connectivity index (χ3n) is 4.87. The van der Waals surface area contributed by atoms with Crippen LogP contribution in [0.2, 0.25) is 0 Å². The van der Waals surface area contributed by atoms with Crippen LogP contribution in [-0.4, -0.2) is 54.2 Å². The zero-order valence-corrected chi connectivity index (χ0v) is 17.8. The van der Waals surface area contributed by atoms with Gasteiger partial charge in [0.15, 0.2) is 0 Å². The maximum atomic E-state index is 12.6. The van der Waals surface area contributed by atoms with Gasteiger partial charge in [0.2, 0.25) is 27.6 Å². The summed E-state index contributed by atoms with van der Waals surface area (Å²) in [6.45, 7) is 4.96. The van der Waals surface area contributed by atoms with E-state index in [1.165, 1.54) is 0 Å². The van der Waals surface area contributed by atoms with E-state index in [0.29, 0.717) is 44.2 Å². The van der Waals surface area contributed by atoms with Crippen LogP contribution in [0.1, 0.15) is 39.0 Å². The lowest BCUT2D eigenvalue weighted by Crippen LogP contribution is -2.44. The van der Waals surface area contributed by atoms with Crippen molar-refractivity contribution in [3.05, 3.63) is 22.7 Å². The van der Waals surface area contributed by atoms with E-state index in [9.17, 15) is 13.2 Å². The molecule has 3 rings (SSSR count). The molecule has 28 heavy (non-hydrogen) atoms. The van der Waals surface area contributed by atoms with Crippen LogP contribution in [0.15, 0.2) is 21.3 Å². The number of thiophene rings is 1. The van der Waals surface area contributed by atoms with Crippen LogP contribution in [0.25, 0.3) is 11.4 Å². The van der Waals surface area contributed by atoms with Gasteiger partial charge >= 0.3 is 0 Å². The molecule has 1 fully saturated rings. The van der Waals surface area contributed by atoms with Crippen LogP contribution in [0.3, 0.4) is 0 Å². The summed E-state index contributed by atoms with van der Waals surface area (Å²) >= 11 is 1.56. The molecule has 2 aromatic rings. The Labute approximate surface area is 169 Å². The molecule has 0 bridgehead atoms. The average molecular weight is 427 g/mol. The molecule has 8 nitrogen and oxygen atoms in total. The summed E-state index contributed by atoms with van der Waals surface area (Å²) < 4.78 is 31.7. The number of nitrogens with one attached hydrogen (secondary N) is 1. The second kappa shape index (κ2) is 9.15. The van der Waals surface area contributed by atoms with Gasteiger partial charge in [-0.1, -0.05) is 5.16 Å². The first-order valence-corrected chi connectivity index (χ1v) is 12.0. The molecule has 1 aliphatic heterocycles. The van der Waals surface area contributed by atoms with E-state index in [-0.39, 0.29) is 11.8 Å². The van der Waals surface area contributed by atoms with E-state index >= 15 is 0 Å². The Morgan fingerprint density at radius 3 is 3.00 bits per heavy atom. The number of sulfonamides is 1. The van der Waals surface area contributed by atoms with Crippen LogP contribution in [-0.2, 0) is 21.2 Å². The summed E-state index contributed by atoms with van der Waals surface area (Å²) in [6, 6.07) is 1.92. The van der Waals surface area contributed by atoms with Gasteiger partial charge in [-0.15, -0.1) is 0 Å². The minimum Gasteiger partial charge on any atom is -0.342 e. The van der Waals surface area contributed by atoms with Crippen molar-refractivity contribution in [2.75, 3.05) is 19.6 Å². The smallest absolute Gasteiger partial charge is 0.227 e. The van der Waals surface area contributed by atoms with Crippen LogP contribution < -0.4 is 4.72 Å². The van der Waals surface area contributed by atoms with Crippen molar-refractivity contribution >= 4 is 27.3 Å². The predicted molar refractivity (Wildman–Crippen MR) is 107 cm³/mol. The van der Waals surface area contributed by atoms with Crippen LogP contribution >= 0.6 is 11.3 Å². The molecule has 1 aliphatic rings. The molecule has 0 spiro atoms. The Hall–Kier alpha value is -1.78. The zero-order valence-electron chi connectivity index (χ0n) is 16.1. The van der Waals surface area contributed by atoms with E-state index in [4.69, 9.17) is 4.52 Å². The summed E-state index contributed by atoms with van der Waals surface area (Å²) in [5.74, 6) is 1.17. The van der Waals surface area contributed by atoms with E-state index in [2.05, 4.69) is 14.9 Å². The molecule has 10 heteroatoms. The Morgan fingerprint density at radius 1 is 1.46 bits per heavy atom. The van der Waals surface area contributed by atoms with E-state index in [0.717, 1.165) is 18.4 Å². The molecule has 3 heterocycles. The van der Waals surface area contributed by atoms with Gasteiger partial charge in [0.25, 0.3) is 0 Å². The summed E-state index contributed by atoms with van der Waals surface area (Å²) in [5.41, 5.74) is 0.911. The Bertz CT molecular complexity index is 877. The maximum absolute atomic E-state index is 12.6. The Kier molecular flexibility index (Phi) is 6.84. The lowest BCUT2D eigenvalue weighted by atomic mass is 9.98. The molecule has 0 aromatic carbocycles. The standard InChI is InChI=1S/C18H26N4O4S2/c1-13(2)28(24,25)19-10-14-4-3-8-22(11-14)17(23)6-5-16-20-18(21-26-16)15-7-9-27-12-15/h7,9,12-14,19H,3-6,8,10-11H2,1-2H3/t14-/m1/s1. The third kappa shape index (κ3) is 5.39. The quantitative estimate of drug-likeness (QED) is 0.694. The minimum absolute atomic E-state index is 0.0340. The molecule has 1 amide bonds. The van der Waals surface area contributed by atoms with Gasteiger partial charge in [0, 0.05) is 43.4 Å². The minimum atomic E-state index is -3.28. The molecule has 1 atom stereocenters. The average Bonchev–Trinajstić information content (AvgIpc) is 3.36. The van der Waals surface area contributed by atoms with Crippen molar-refractivity contribution in [1.29, 1.82) is 0 Å². The van der Waals surface area contributed by atoms with Gasteiger partial charge in [0.1, 0.15) is 0 Å². The largest absolute Gasteiger partial charge is 0.342 e. The molecular weight excluding hydrogens is 400 g/mol. The van der Waals surface area contributed by atoms with Gasteiger partial charge in [0.05, 0.1) is 5.25 Å². The monoisotopic (exact) mass is 426 g/mol. The van der Waals surface area contributed by atoms with E-state index in [1.54, 1.807) is 25.2 Å². The summed E-state index contributed by atoms with van der Waals surface area (Å²) in [7, 11) is -3.28.